The summed E-state index contributed by atoms with van der Waals surface area (Å²) in [6.07, 6.45) is 0. The molecule has 0 saturated carbocycles. The van der Waals surface area contributed by atoms with E-state index in [-0.39, 0.29) is 32.7 Å². The van der Waals surface area contributed by atoms with Crippen molar-refractivity contribution in [3.8, 4) is 11.1 Å². The number of halogens is 6. The van der Waals surface area contributed by atoms with E-state index in [1.54, 1.807) is 10.9 Å². The van der Waals surface area contributed by atoms with E-state index in [0.717, 1.165) is 4.13 Å². The molecule has 15 heteroatoms. The van der Waals surface area contributed by atoms with E-state index in [2.05, 4.69) is 123 Å². The molecule has 292 valence electrons. The summed E-state index contributed by atoms with van der Waals surface area (Å²) in [6, 6.07) is 5.06. The van der Waals surface area contributed by atoms with Crippen LogP contribution in [0.4, 0.5) is 26.3 Å². The molecular weight excluding hydrogens is 904 g/mol. The molecule has 0 aliphatic heterocycles. The molecule has 2 aromatic rings. The third kappa shape index (κ3) is 11.0. The van der Waals surface area contributed by atoms with Gasteiger partial charge in [-0.05, 0) is 111 Å². The van der Waals surface area contributed by atoms with E-state index in [1.807, 2.05) is 0 Å². The molecular formula is C35H53AuF6NO4PS2. The standard InChI is InChI=1S/C33H53P.C2F6NO4S2.Au/c1-19(2)26-17-27(20(3)4)30(28(18-26)21(5)6)29-24(9)22(7)23(8)25(10)31(29)34(32(11,12)13)33(14,15)16;3-1(4,5)14(10,11)9-15(12,13)2(6,7)8;/h17-21H,1-16H3;;/q;-1;+1. The van der Waals surface area contributed by atoms with Gasteiger partial charge in [-0.3, -0.25) is 0 Å². The van der Waals surface area contributed by atoms with E-state index in [9.17, 15) is 43.2 Å². The minimum Gasteiger partial charge on any atom is -0.421 e. The van der Waals surface area contributed by atoms with Crippen molar-refractivity contribution in [2.45, 2.75) is 150 Å². The van der Waals surface area contributed by atoms with Gasteiger partial charge in [-0.15, -0.1) is 0 Å². The zero-order valence-corrected chi connectivity index (χ0v) is 36.5. The van der Waals surface area contributed by atoms with E-state index in [0.29, 0.717) is 17.8 Å². The summed E-state index contributed by atoms with van der Waals surface area (Å²) in [5, 5.41) is 2.08. The molecule has 2 aromatic carbocycles. The van der Waals surface area contributed by atoms with Gasteiger partial charge in [0, 0.05) is 0 Å². The van der Waals surface area contributed by atoms with E-state index in [4.69, 9.17) is 0 Å². The number of nitrogens with zero attached hydrogens (tertiary/aromatic N) is 1. The Balaban J connectivity index is 0.00000127. The first kappa shape index (κ1) is 49.1. The van der Waals surface area contributed by atoms with Crippen molar-refractivity contribution in [1.29, 1.82) is 0 Å². The maximum absolute atomic E-state index is 11.4. The Hall–Kier alpha value is -0.950. The van der Waals surface area contributed by atoms with E-state index >= 15 is 0 Å². The van der Waals surface area contributed by atoms with Crippen LogP contribution in [0.25, 0.3) is 15.3 Å². The molecule has 0 bridgehead atoms. The van der Waals surface area contributed by atoms with Gasteiger partial charge in [0.1, 0.15) is 0 Å². The smallest absolute Gasteiger partial charge is 0.421 e. The predicted octanol–water partition coefficient (Wildman–Crippen LogP) is 11.7. The summed E-state index contributed by atoms with van der Waals surface area (Å²) < 4.78 is 109. The summed E-state index contributed by atoms with van der Waals surface area (Å²) in [6.45, 7) is 38.5. The van der Waals surface area contributed by atoms with Crippen LogP contribution in [0.15, 0.2) is 12.1 Å². The first-order chi connectivity index (χ1) is 21.5. The number of sulfonamides is 2. The number of hydrogen-bond acceptors (Lipinski definition) is 4. The van der Waals surface area contributed by atoms with Crippen LogP contribution in [-0.4, -0.2) is 38.2 Å². The molecule has 0 aliphatic carbocycles. The summed E-state index contributed by atoms with van der Waals surface area (Å²) in [7, 11) is -13.9. The molecule has 0 radical (unpaired) electrons. The van der Waals surface area contributed by atoms with Crippen LogP contribution < -0.4 is 5.30 Å². The largest absolute Gasteiger partial charge is 1.00 e. The third-order valence-electron chi connectivity index (χ3n) is 8.38. The summed E-state index contributed by atoms with van der Waals surface area (Å²) in [4.78, 5) is 0. The average molecular weight is 958 g/mol. The van der Waals surface area contributed by atoms with Gasteiger partial charge >= 0.3 is 33.4 Å². The minimum absolute atomic E-state index is 0. The summed E-state index contributed by atoms with van der Waals surface area (Å²) in [5.74, 6) is 1.50. The number of alkyl halides is 6. The topological polar surface area (TPSA) is 82.4 Å². The Labute approximate surface area is 313 Å². The van der Waals surface area contributed by atoms with Crippen LogP contribution in [-0.2, 0) is 42.4 Å². The first-order valence-electron chi connectivity index (χ1n) is 16.0. The molecule has 0 N–H and O–H groups in total. The van der Waals surface area contributed by atoms with Crippen LogP contribution >= 0.6 is 7.92 Å². The van der Waals surface area contributed by atoms with Crippen molar-refractivity contribution in [2.75, 3.05) is 0 Å². The van der Waals surface area contributed by atoms with E-state index < -0.39 is 39.0 Å². The Bertz CT molecular complexity index is 1650. The number of rotatable bonds is 7. The molecule has 0 fully saturated rings. The van der Waals surface area contributed by atoms with Crippen LogP contribution in [0.2, 0.25) is 0 Å². The molecule has 50 heavy (non-hydrogen) atoms. The van der Waals surface area contributed by atoms with Gasteiger partial charge in [0.05, 0.1) is 0 Å². The average Bonchev–Trinajstić information content (AvgIpc) is 2.86. The molecule has 2 rings (SSSR count). The quantitative estimate of drug-likeness (QED) is 0.157. The zero-order valence-electron chi connectivity index (χ0n) is 31.8. The van der Waals surface area contributed by atoms with Gasteiger partial charge in [0.15, 0.2) is 20.0 Å². The molecule has 0 aromatic heterocycles. The maximum atomic E-state index is 11.4. The van der Waals surface area contributed by atoms with Gasteiger partial charge in [-0.2, -0.15) is 26.3 Å². The molecule has 0 heterocycles. The molecule has 0 aliphatic rings. The van der Waals surface area contributed by atoms with Crippen molar-refractivity contribution in [3.63, 3.8) is 0 Å². The Morgan fingerprint density at radius 1 is 0.560 bits per heavy atom. The van der Waals surface area contributed by atoms with Gasteiger partial charge in [-0.25, -0.2) is 16.8 Å². The van der Waals surface area contributed by atoms with Crippen LogP contribution in [0.1, 0.15) is 140 Å². The normalized spacial score (nSPS) is 13.6. The van der Waals surface area contributed by atoms with Crippen LogP contribution in [0.5, 0.6) is 0 Å². The first-order valence-corrected chi connectivity index (χ1v) is 20.2. The van der Waals surface area contributed by atoms with Gasteiger partial charge in [0.2, 0.25) is 0 Å². The van der Waals surface area contributed by atoms with Crippen molar-refractivity contribution in [2.24, 2.45) is 0 Å². The molecule has 0 amide bonds. The predicted molar refractivity (Wildman–Crippen MR) is 192 cm³/mol. The molecule has 0 saturated heterocycles. The number of hydrogen-bond donors (Lipinski definition) is 0. The molecule has 0 spiro atoms. The fraction of sp³-hybridized carbons (Fsp3) is 0.657. The Morgan fingerprint density at radius 3 is 1.14 bits per heavy atom. The number of benzene rings is 2. The van der Waals surface area contributed by atoms with Crippen molar-refractivity contribution in [1.82, 2.24) is 0 Å². The molecule has 5 nitrogen and oxygen atoms in total. The van der Waals surface area contributed by atoms with Crippen molar-refractivity contribution >= 4 is 33.3 Å². The summed E-state index contributed by atoms with van der Waals surface area (Å²) in [5.41, 5.74) is 1.17. The second-order valence-electron chi connectivity index (χ2n) is 15.4. The second kappa shape index (κ2) is 16.6. The fourth-order valence-corrected chi connectivity index (χ4v) is 12.1. The van der Waals surface area contributed by atoms with Gasteiger partial charge in [-0.1, -0.05) is 103 Å². The van der Waals surface area contributed by atoms with Gasteiger partial charge in [0.25, 0.3) is 0 Å². The minimum atomic E-state index is -6.72. The Kier molecular flexibility index (Phi) is 16.3. The van der Waals surface area contributed by atoms with Crippen molar-refractivity contribution < 1.29 is 65.6 Å². The zero-order chi connectivity index (χ0) is 39.2. The van der Waals surface area contributed by atoms with E-state index in [1.165, 1.54) is 44.5 Å². The maximum Gasteiger partial charge on any atom is 1.00 e. The monoisotopic (exact) mass is 957 g/mol. The van der Waals surface area contributed by atoms with Crippen LogP contribution in [0.3, 0.4) is 0 Å². The molecule has 0 atom stereocenters. The third-order valence-corrected chi connectivity index (χ3v) is 14.8. The second-order valence-corrected chi connectivity index (χ2v) is 22.6. The Morgan fingerprint density at radius 2 is 0.880 bits per heavy atom. The molecule has 0 unspecified atom stereocenters. The van der Waals surface area contributed by atoms with Crippen LogP contribution in [0, 0.1) is 27.7 Å². The SMILES string of the molecule is Cc1c(C)c(C)c(P(C(C)(C)C)C(C)(C)C)c(-c2c(C(C)C)cc(C(C)C)cc2C(C)C)c1C.O=S(=O)([N-]S(=O)(=O)C(F)(F)F)C(F)(F)F.[Au+]. The van der Waals surface area contributed by atoms with Crippen molar-refractivity contribution in [3.05, 3.63) is 55.2 Å². The fourth-order valence-electron chi connectivity index (χ4n) is 6.01. The van der Waals surface area contributed by atoms with Gasteiger partial charge < -0.3 is 4.13 Å². The summed E-state index contributed by atoms with van der Waals surface area (Å²) >= 11 is 0.